The number of benzene rings is 2. The van der Waals surface area contributed by atoms with Crippen LogP contribution < -0.4 is 0 Å². The van der Waals surface area contributed by atoms with Crippen LogP contribution >= 0.6 is 11.6 Å². The average molecular weight is 291 g/mol. The molecule has 0 radical (unpaired) electrons. The van der Waals surface area contributed by atoms with Crippen molar-refractivity contribution in [2.24, 2.45) is 0 Å². The Morgan fingerprint density at radius 1 is 1.10 bits per heavy atom. The molecule has 0 aliphatic heterocycles. The summed E-state index contributed by atoms with van der Waals surface area (Å²) in [5.41, 5.74) is 1.72. The van der Waals surface area contributed by atoms with Crippen LogP contribution in [0.25, 0.3) is 0 Å². The molecule has 0 heterocycles. The van der Waals surface area contributed by atoms with Crippen LogP contribution in [0.5, 0.6) is 0 Å². The first-order valence-corrected chi connectivity index (χ1v) is 6.66. The zero-order chi connectivity index (χ0) is 14.4. The van der Waals surface area contributed by atoms with Crippen molar-refractivity contribution in [3.8, 4) is 0 Å². The molecule has 2 aromatic carbocycles. The summed E-state index contributed by atoms with van der Waals surface area (Å²) in [5, 5.41) is 9.79. The van der Waals surface area contributed by atoms with Gasteiger partial charge in [0.05, 0.1) is 6.61 Å². The summed E-state index contributed by atoms with van der Waals surface area (Å²) in [6, 6.07) is 16.7. The molecular weight excluding hydrogens is 276 g/mol. The molecule has 0 saturated heterocycles. The van der Waals surface area contributed by atoms with Crippen LogP contribution in [-0.2, 0) is 22.6 Å². The lowest BCUT2D eigenvalue weighted by atomic mass is 10.1. The van der Waals surface area contributed by atoms with E-state index in [0.717, 1.165) is 11.1 Å². The molecule has 1 N–H and O–H groups in total. The van der Waals surface area contributed by atoms with Gasteiger partial charge in [0, 0.05) is 11.4 Å². The van der Waals surface area contributed by atoms with E-state index in [1.807, 2.05) is 48.5 Å². The summed E-state index contributed by atoms with van der Waals surface area (Å²) in [4.78, 5) is 11.3. The van der Waals surface area contributed by atoms with Crippen molar-refractivity contribution in [1.82, 2.24) is 0 Å². The lowest BCUT2D eigenvalue weighted by molar-refractivity contribution is -0.151. The molecule has 104 valence electrons. The Morgan fingerprint density at radius 3 is 2.40 bits per heavy atom. The summed E-state index contributed by atoms with van der Waals surface area (Å²) >= 11 is 6.04. The molecule has 0 fully saturated rings. The van der Waals surface area contributed by atoms with Gasteiger partial charge in [-0.25, -0.2) is 4.79 Å². The molecule has 0 aromatic heterocycles. The first-order valence-electron chi connectivity index (χ1n) is 6.28. The topological polar surface area (TPSA) is 46.5 Å². The van der Waals surface area contributed by atoms with Crippen LogP contribution in [0.1, 0.15) is 11.1 Å². The summed E-state index contributed by atoms with van der Waals surface area (Å²) in [6.45, 7) is 0.266. The van der Waals surface area contributed by atoms with Gasteiger partial charge < -0.3 is 9.84 Å². The van der Waals surface area contributed by atoms with Crippen LogP contribution in [0.2, 0.25) is 5.02 Å². The van der Waals surface area contributed by atoms with E-state index in [1.165, 1.54) is 0 Å². The maximum absolute atomic E-state index is 11.3. The van der Waals surface area contributed by atoms with Gasteiger partial charge in [0.2, 0.25) is 0 Å². The molecule has 4 heteroatoms. The SMILES string of the molecule is O=C(O)[C@H](Cc1ccccc1Cl)OCc1ccccc1. The van der Waals surface area contributed by atoms with Crippen molar-refractivity contribution < 1.29 is 14.6 Å². The highest BCUT2D eigenvalue weighted by molar-refractivity contribution is 6.31. The van der Waals surface area contributed by atoms with Crippen molar-refractivity contribution in [3.63, 3.8) is 0 Å². The second-order valence-corrected chi connectivity index (χ2v) is 4.83. The fourth-order valence-corrected chi connectivity index (χ4v) is 2.07. The van der Waals surface area contributed by atoms with Gasteiger partial charge in [-0.1, -0.05) is 60.1 Å². The van der Waals surface area contributed by atoms with Crippen LogP contribution in [0, 0.1) is 0 Å². The van der Waals surface area contributed by atoms with E-state index in [4.69, 9.17) is 16.3 Å². The zero-order valence-corrected chi connectivity index (χ0v) is 11.6. The summed E-state index contributed by atoms with van der Waals surface area (Å²) in [7, 11) is 0. The Kier molecular flexibility index (Phi) is 5.16. The number of carboxylic acids is 1. The summed E-state index contributed by atoms with van der Waals surface area (Å²) < 4.78 is 5.49. The molecule has 0 saturated carbocycles. The minimum atomic E-state index is -0.985. The molecule has 0 unspecified atom stereocenters. The Labute approximate surface area is 122 Å². The number of rotatable bonds is 6. The Morgan fingerprint density at radius 2 is 1.75 bits per heavy atom. The minimum Gasteiger partial charge on any atom is -0.479 e. The van der Waals surface area contributed by atoms with Crippen LogP contribution in [-0.4, -0.2) is 17.2 Å². The Balaban J connectivity index is 2.01. The molecule has 0 aliphatic carbocycles. The van der Waals surface area contributed by atoms with E-state index in [0.29, 0.717) is 5.02 Å². The number of hydrogen-bond donors (Lipinski definition) is 1. The fraction of sp³-hybridized carbons (Fsp3) is 0.188. The largest absolute Gasteiger partial charge is 0.479 e. The number of carboxylic acid groups (broad SMARTS) is 1. The molecule has 0 aliphatic rings. The molecule has 3 nitrogen and oxygen atoms in total. The van der Waals surface area contributed by atoms with E-state index < -0.39 is 12.1 Å². The number of halogens is 1. The predicted molar refractivity (Wildman–Crippen MR) is 77.8 cm³/mol. The molecule has 0 amide bonds. The van der Waals surface area contributed by atoms with Gasteiger partial charge >= 0.3 is 5.97 Å². The Hall–Kier alpha value is -1.84. The molecular formula is C16H15ClO3. The standard InChI is InChI=1S/C16H15ClO3/c17-14-9-5-4-8-13(14)10-15(16(18)19)20-11-12-6-2-1-3-7-12/h1-9,15H,10-11H2,(H,18,19)/t15-/m0/s1. The van der Waals surface area contributed by atoms with Crippen molar-refractivity contribution in [3.05, 3.63) is 70.7 Å². The summed E-state index contributed by atoms with van der Waals surface area (Å²) in [6.07, 6.45) is -0.655. The zero-order valence-electron chi connectivity index (χ0n) is 10.8. The molecule has 2 aromatic rings. The van der Waals surface area contributed by atoms with Crippen LogP contribution in [0.4, 0.5) is 0 Å². The lowest BCUT2D eigenvalue weighted by Gasteiger charge is -2.14. The van der Waals surface area contributed by atoms with Crippen molar-refractivity contribution in [1.29, 1.82) is 0 Å². The molecule has 20 heavy (non-hydrogen) atoms. The number of carbonyl (C=O) groups is 1. The van der Waals surface area contributed by atoms with Crippen molar-refractivity contribution >= 4 is 17.6 Å². The van der Waals surface area contributed by atoms with Gasteiger partial charge in [0.15, 0.2) is 6.10 Å². The normalized spacial score (nSPS) is 12.1. The van der Waals surface area contributed by atoms with Gasteiger partial charge in [-0.3, -0.25) is 0 Å². The van der Waals surface area contributed by atoms with E-state index in [1.54, 1.807) is 6.07 Å². The third kappa shape index (κ3) is 4.08. The highest BCUT2D eigenvalue weighted by atomic mass is 35.5. The quantitative estimate of drug-likeness (QED) is 0.885. The number of ether oxygens (including phenoxy) is 1. The predicted octanol–water partition coefficient (Wildman–Crippen LogP) is 3.55. The van der Waals surface area contributed by atoms with Gasteiger partial charge in [0.1, 0.15) is 0 Å². The second kappa shape index (κ2) is 7.08. The van der Waals surface area contributed by atoms with Crippen LogP contribution in [0.15, 0.2) is 54.6 Å². The highest BCUT2D eigenvalue weighted by Crippen LogP contribution is 2.18. The van der Waals surface area contributed by atoms with Gasteiger partial charge in [-0.15, -0.1) is 0 Å². The molecule has 1 atom stereocenters. The first kappa shape index (κ1) is 14.6. The molecule has 0 bridgehead atoms. The maximum atomic E-state index is 11.3. The van der Waals surface area contributed by atoms with Gasteiger partial charge in [-0.05, 0) is 17.2 Å². The van der Waals surface area contributed by atoms with Gasteiger partial charge in [-0.2, -0.15) is 0 Å². The average Bonchev–Trinajstić information content (AvgIpc) is 2.46. The second-order valence-electron chi connectivity index (χ2n) is 4.42. The van der Waals surface area contributed by atoms with E-state index >= 15 is 0 Å². The monoisotopic (exact) mass is 290 g/mol. The lowest BCUT2D eigenvalue weighted by Crippen LogP contribution is -2.26. The third-order valence-electron chi connectivity index (χ3n) is 2.93. The van der Waals surface area contributed by atoms with E-state index in [-0.39, 0.29) is 13.0 Å². The van der Waals surface area contributed by atoms with E-state index in [9.17, 15) is 9.90 Å². The van der Waals surface area contributed by atoms with Crippen molar-refractivity contribution in [2.75, 3.05) is 0 Å². The van der Waals surface area contributed by atoms with E-state index in [2.05, 4.69) is 0 Å². The smallest absolute Gasteiger partial charge is 0.333 e. The fourth-order valence-electron chi connectivity index (χ4n) is 1.85. The maximum Gasteiger partial charge on any atom is 0.333 e. The highest BCUT2D eigenvalue weighted by Gasteiger charge is 2.19. The van der Waals surface area contributed by atoms with Crippen molar-refractivity contribution in [2.45, 2.75) is 19.1 Å². The molecule has 0 spiro atoms. The summed E-state index contributed by atoms with van der Waals surface area (Å²) in [5.74, 6) is -0.985. The first-order chi connectivity index (χ1) is 9.66. The minimum absolute atomic E-state index is 0.252. The number of aliphatic carboxylic acids is 1. The van der Waals surface area contributed by atoms with Crippen LogP contribution in [0.3, 0.4) is 0 Å². The van der Waals surface area contributed by atoms with Gasteiger partial charge in [0.25, 0.3) is 0 Å². The number of hydrogen-bond acceptors (Lipinski definition) is 2. The third-order valence-corrected chi connectivity index (χ3v) is 3.30. The Bertz CT molecular complexity index is 569. The molecule has 2 rings (SSSR count).